The minimum Gasteiger partial charge on any atom is -0.361 e. The Kier molecular flexibility index (Phi) is 4.59. The Hall–Kier alpha value is -0.790. The van der Waals surface area contributed by atoms with Crippen molar-refractivity contribution in [3.63, 3.8) is 0 Å². The molecule has 0 fully saturated rings. The van der Waals surface area contributed by atoms with Crippen LogP contribution in [-0.4, -0.2) is 5.16 Å². The van der Waals surface area contributed by atoms with Crippen molar-refractivity contribution in [2.75, 3.05) is 0 Å². The third-order valence-electron chi connectivity index (χ3n) is 1.31. The minimum absolute atomic E-state index is 0.451. The molecule has 1 rings (SSSR count). The van der Waals surface area contributed by atoms with Crippen LogP contribution in [0.1, 0.15) is 44.9 Å². The molecule has 0 saturated heterocycles. The van der Waals surface area contributed by atoms with Gasteiger partial charge in [0.15, 0.2) is 0 Å². The molecule has 0 unspecified atom stereocenters. The zero-order valence-corrected chi connectivity index (χ0v) is 8.01. The Morgan fingerprint density at radius 1 is 1.36 bits per heavy atom. The predicted molar refractivity (Wildman–Crippen MR) is 46.7 cm³/mol. The fraction of sp³-hybridized carbons (Fsp3) is 0.667. The molecule has 2 heteroatoms. The molecule has 0 N–H and O–H groups in total. The summed E-state index contributed by atoms with van der Waals surface area (Å²) in [5.41, 5.74) is 1.14. The maximum Gasteiger partial charge on any atom is 0.142 e. The van der Waals surface area contributed by atoms with Crippen molar-refractivity contribution in [2.24, 2.45) is 0 Å². The summed E-state index contributed by atoms with van der Waals surface area (Å²) >= 11 is 0. The van der Waals surface area contributed by atoms with E-state index in [1.165, 1.54) is 0 Å². The van der Waals surface area contributed by atoms with E-state index in [-0.39, 0.29) is 0 Å². The Morgan fingerprint density at radius 2 is 1.91 bits per heavy atom. The number of aromatic nitrogens is 1. The van der Waals surface area contributed by atoms with Crippen molar-refractivity contribution < 1.29 is 4.52 Å². The smallest absolute Gasteiger partial charge is 0.142 e. The van der Waals surface area contributed by atoms with E-state index in [4.69, 9.17) is 4.52 Å². The molecule has 0 spiro atoms. The monoisotopic (exact) mass is 155 g/mol. The molecule has 1 aromatic rings. The van der Waals surface area contributed by atoms with Gasteiger partial charge in [-0.3, -0.25) is 0 Å². The molecule has 0 amide bonds. The van der Waals surface area contributed by atoms with Gasteiger partial charge in [-0.05, 0) is 6.92 Å². The second kappa shape index (κ2) is 4.94. The van der Waals surface area contributed by atoms with E-state index in [9.17, 15) is 0 Å². The molecule has 0 radical (unpaired) electrons. The van der Waals surface area contributed by atoms with Gasteiger partial charge in [-0.1, -0.05) is 32.9 Å². The van der Waals surface area contributed by atoms with E-state index in [0.29, 0.717) is 5.92 Å². The van der Waals surface area contributed by atoms with E-state index in [2.05, 4.69) is 19.0 Å². The van der Waals surface area contributed by atoms with Gasteiger partial charge < -0.3 is 4.52 Å². The van der Waals surface area contributed by atoms with E-state index in [0.717, 1.165) is 11.3 Å². The van der Waals surface area contributed by atoms with Gasteiger partial charge >= 0.3 is 0 Å². The first-order chi connectivity index (χ1) is 5.22. The van der Waals surface area contributed by atoms with E-state index in [1.807, 2.05) is 20.8 Å². The molecule has 0 bridgehead atoms. The summed E-state index contributed by atoms with van der Waals surface area (Å²) in [6.07, 6.45) is 1.75. The highest BCUT2D eigenvalue weighted by Crippen LogP contribution is 2.16. The van der Waals surface area contributed by atoms with Crippen LogP contribution in [0.25, 0.3) is 0 Å². The van der Waals surface area contributed by atoms with Crippen LogP contribution in [0.15, 0.2) is 10.7 Å². The zero-order chi connectivity index (χ0) is 8.85. The second-order valence-corrected chi connectivity index (χ2v) is 2.53. The SMILES string of the molecule is CC.Cc1cnoc1C(C)C. The lowest BCUT2D eigenvalue weighted by Crippen LogP contribution is -1.84. The van der Waals surface area contributed by atoms with Crippen LogP contribution in [0.3, 0.4) is 0 Å². The third kappa shape index (κ3) is 2.74. The van der Waals surface area contributed by atoms with Crippen molar-refractivity contribution >= 4 is 0 Å². The van der Waals surface area contributed by atoms with E-state index >= 15 is 0 Å². The number of aryl methyl sites for hydroxylation is 1. The van der Waals surface area contributed by atoms with Crippen molar-refractivity contribution in [3.8, 4) is 0 Å². The first kappa shape index (κ1) is 10.2. The molecular weight excluding hydrogens is 138 g/mol. The Bertz CT molecular complexity index is 191. The van der Waals surface area contributed by atoms with Gasteiger partial charge in [0.25, 0.3) is 0 Å². The van der Waals surface area contributed by atoms with Gasteiger partial charge in [0.05, 0.1) is 6.20 Å². The number of hydrogen-bond donors (Lipinski definition) is 0. The summed E-state index contributed by atoms with van der Waals surface area (Å²) in [6, 6.07) is 0. The lowest BCUT2D eigenvalue weighted by atomic mass is 10.1. The summed E-state index contributed by atoms with van der Waals surface area (Å²) in [6.45, 7) is 10.2. The summed E-state index contributed by atoms with van der Waals surface area (Å²) in [5.74, 6) is 1.45. The summed E-state index contributed by atoms with van der Waals surface area (Å²) in [7, 11) is 0. The standard InChI is InChI=1S/C7H11NO.C2H6/c1-5(2)7-6(3)4-8-9-7;1-2/h4-5H,1-3H3;1-2H3. The fourth-order valence-electron chi connectivity index (χ4n) is 0.859. The molecule has 0 aliphatic carbocycles. The molecule has 64 valence electrons. The van der Waals surface area contributed by atoms with Crippen LogP contribution in [0.4, 0.5) is 0 Å². The molecule has 0 aliphatic rings. The first-order valence-corrected chi connectivity index (χ1v) is 4.13. The summed E-state index contributed by atoms with van der Waals surface area (Å²) in [5, 5.41) is 3.67. The number of rotatable bonds is 1. The molecule has 1 heterocycles. The van der Waals surface area contributed by atoms with Crippen LogP contribution >= 0.6 is 0 Å². The van der Waals surface area contributed by atoms with Crippen LogP contribution in [0.2, 0.25) is 0 Å². The molecule has 11 heavy (non-hydrogen) atoms. The van der Waals surface area contributed by atoms with E-state index < -0.39 is 0 Å². The molecule has 1 aromatic heterocycles. The average Bonchev–Trinajstić information content (AvgIpc) is 2.39. The average molecular weight is 155 g/mol. The van der Waals surface area contributed by atoms with Gasteiger partial charge in [0, 0.05) is 11.5 Å². The molecule has 0 aromatic carbocycles. The lowest BCUT2D eigenvalue weighted by Gasteiger charge is -1.96. The molecule has 0 saturated carbocycles. The van der Waals surface area contributed by atoms with Crippen molar-refractivity contribution in [1.29, 1.82) is 0 Å². The Morgan fingerprint density at radius 3 is 2.09 bits per heavy atom. The topological polar surface area (TPSA) is 26.0 Å². The third-order valence-corrected chi connectivity index (χ3v) is 1.31. The zero-order valence-electron chi connectivity index (χ0n) is 8.01. The van der Waals surface area contributed by atoms with Crippen molar-refractivity contribution in [1.82, 2.24) is 5.16 Å². The summed E-state index contributed by atoms with van der Waals surface area (Å²) in [4.78, 5) is 0. The molecular formula is C9H17NO. The summed E-state index contributed by atoms with van der Waals surface area (Å²) < 4.78 is 4.98. The minimum atomic E-state index is 0.451. The number of nitrogens with zero attached hydrogens (tertiary/aromatic N) is 1. The van der Waals surface area contributed by atoms with Gasteiger partial charge in [-0.2, -0.15) is 0 Å². The Balaban J connectivity index is 0.000000461. The van der Waals surface area contributed by atoms with Gasteiger partial charge in [-0.25, -0.2) is 0 Å². The normalized spacial score (nSPS) is 9.27. The van der Waals surface area contributed by atoms with E-state index in [1.54, 1.807) is 6.20 Å². The maximum absolute atomic E-state index is 4.98. The number of hydrogen-bond acceptors (Lipinski definition) is 2. The first-order valence-electron chi connectivity index (χ1n) is 4.13. The molecule has 0 aliphatic heterocycles. The highest BCUT2D eigenvalue weighted by Gasteiger charge is 2.06. The van der Waals surface area contributed by atoms with Crippen LogP contribution in [0.5, 0.6) is 0 Å². The lowest BCUT2D eigenvalue weighted by molar-refractivity contribution is 0.370. The van der Waals surface area contributed by atoms with Crippen LogP contribution in [0, 0.1) is 6.92 Å². The van der Waals surface area contributed by atoms with Gasteiger partial charge in [0.2, 0.25) is 0 Å². The largest absolute Gasteiger partial charge is 0.361 e. The second-order valence-electron chi connectivity index (χ2n) is 2.53. The van der Waals surface area contributed by atoms with Crippen LogP contribution in [-0.2, 0) is 0 Å². The van der Waals surface area contributed by atoms with Gasteiger partial charge in [-0.15, -0.1) is 0 Å². The highest BCUT2D eigenvalue weighted by atomic mass is 16.5. The van der Waals surface area contributed by atoms with Crippen molar-refractivity contribution in [2.45, 2.75) is 40.5 Å². The fourth-order valence-corrected chi connectivity index (χ4v) is 0.859. The van der Waals surface area contributed by atoms with Gasteiger partial charge in [0.1, 0.15) is 5.76 Å². The van der Waals surface area contributed by atoms with Crippen molar-refractivity contribution in [3.05, 3.63) is 17.5 Å². The predicted octanol–water partition coefficient (Wildman–Crippen LogP) is 3.13. The highest BCUT2D eigenvalue weighted by molar-refractivity contribution is 5.13. The molecule has 0 atom stereocenters. The quantitative estimate of drug-likeness (QED) is 0.622. The Labute approximate surface area is 68.6 Å². The maximum atomic E-state index is 4.98. The van der Waals surface area contributed by atoms with Crippen LogP contribution < -0.4 is 0 Å². The molecule has 2 nitrogen and oxygen atoms in total.